The minimum Gasteiger partial charge on any atom is -0.376 e. The van der Waals surface area contributed by atoms with Gasteiger partial charge in [-0.3, -0.25) is 0 Å². The molecule has 1 fully saturated rings. The Morgan fingerprint density at radius 2 is 2.22 bits per heavy atom. The highest BCUT2D eigenvalue weighted by molar-refractivity contribution is 5.89. The fourth-order valence-electron chi connectivity index (χ4n) is 1.82. The number of benzene rings is 1. The van der Waals surface area contributed by atoms with E-state index in [2.05, 4.69) is 10.6 Å². The quantitative estimate of drug-likeness (QED) is 0.853. The van der Waals surface area contributed by atoms with E-state index in [9.17, 15) is 4.79 Å². The van der Waals surface area contributed by atoms with Gasteiger partial charge >= 0.3 is 6.03 Å². The van der Waals surface area contributed by atoms with Crippen molar-refractivity contribution in [3.8, 4) is 6.07 Å². The van der Waals surface area contributed by atoms with Crippen LogP contribution >= 0.6 is 0 Å². The number of anilines is 1. The van der Waals surface area contributed by atoms with Crippen molar-refractivity contribution in [2.45, 2.75) is 18.9 Å². The Hall–Kier alpha value is -2.06. The fourth-order valence-corrected chi connectivity index (χ4v) is 1.82. The molecule has 2 N–H and O–H groups in total. The van der Waals surface area contributed by atoms with Gasteiger partial charge in [-0.2, -0.15) is 5.26 Å². The van der Waals surface area contributed by atoms with Crippen LogP contribution in [0.4, 0.5) is 10.5 Å². The van der Waals surface area contributed by atoms with E-state index in [0.717, 1.165) is 19.4 Å². The molecule has 1 atom stereocenters. The van der Waals surface area contributed by atoms with Gasteiger partial charge in [0, 0.05) is 18.8 Å². The van der Waals surface area contributed by atoms with Gasteiger partial charge in [-0.25, -0.2) is 4.79 Å². The standard InChI is InChI=1S/C13H15N3O2/c14-8-10-3-5-11(6-4-10)16-13(17)15-9-12-2-1-7-18-12/h3-6,12H,1-2,7,9H2,(H2,15,16,17). The number of hydrogen-bond acceptors (Lipinski definition) is 3. The van der Waals surface area contributed by atoms with Crippen molar-refractivity contribution in [1.29, 1.82) is 5.26 Å². The third-order valence-corrected chi connectivity index (χ3v) is 2.79. The Kier molecular flexibility index (Phi) is 4.15. The molecule has 1 aromatic rings. The van der Waals surface area contributed by atoms with Crippen molar-refractivity contribution in [3.05, 3.63) is 29.8 Å². The molecule has 0 spiro atoms. The number of carbonyl (C=O) groups excluding carboxylic acids is 1. The van der Waals surface area contributed by atoms with Crippen LogP contribution in [0.15, 0.2) is 24.3 Å². The van der Waals surface area contributed by atoms with E-state index >= 15 is 0 Å². The van der Waals surface area contributed by atoms with Crippen LogP contribution in [-0.2, 0) is 4.74 Å². The zero-order chi connectivity index (χ0) is 12.8. The Balaban J connectivity index is 1.77. The molecule has 1 aliphatic heterocycles. The first-order valence-corrected chi connectivity index (χ1v) is 5.94. The minimum atomic E-state index is -0.254. The van der Waals surface area contributed by atoms with Crippen molar-refractivity contribution in [1.82, 2.24) is 5.32 Å². The summed E-state index contributed by atoms with van der Waals surface area (Å²) in [6.45, 7) is 1.31. The van der Waals surface area contributed by atoms with Crippen LogP contribution in [0.2, 0.25) is 0 Å². The number of amides is 2. The van der Waals surface area contributed by atoms with Crippen LogP contribution in [-0.4, -0.2) is 25.3 Å². The normalized spacial score (nSPS) is 18.1. The van der Waals surface area contributed by atoms with Gasteiger partial charge in [0.1, 0.15) is 0 Å². The predicted molar refractivity (Wildman–Crippen MR) is 67.2 cm³/mol. The maximum absolute atomic E-state index is 11.6. The highest BCUT2D eigenvalue weighted by atomic mass is 16.5. The van der Waals surface area contributed by atoms with Crippen molar-refractivity contribution >= 4 is 11.7 Å². The van der Waals surface area contributed by atoms with Crippen LogP contribution in [0.1, 0.15) is 18.4 Å². The molecule has 0 aliphatic carbocycles. The maximum atomic E-state index is 11.6. The molecular formula is C13H15N3O2. The van der Waals surface area contributed by atoms with Gasteiger partial charge in [-0.15, -0.1) is 0 Å². The van der Waals surface area contributed by atoms with Gasteiger partial charge < -0.3 is 15.4 Å². The lowest BCUT2D eigenvalue weighted by molar-refractivity contribution is 0.112. The summed E-state index contributed by atoms with van der Waals surface area (Å²) in [5, 5.41) is 14.1. The van der Waals surface area contributed by atoms with E-state index in [1.807, 2.05) is 6.07 Å². The number of nitrogens with zero attached hydrogens (tertiary/aromatic N) is 1. The first kappa shape index (κ1) is 12.4. The zero-order valence-corrected chi connectivity index (χ0v) is 9.98. The highest BCUT2D eigenvalue weighted by Gasteiger charge is 2.15. The summed E-state index contributed by atoms with van der Waals surface area (Å²) in [6, 6.07) is 8.49. The van der Waals surface area contributed by atoms with E-state index in [1.54, 1.807) is 24.3 Å². The van der Waals surface area contributed by atoms with Crippen molar-refractivity contribution in [2.75, 3.05) is 18.5 Å². The summed E-state index contributed by atoms with van der Waals surface area (Å²) in [5.41, 5.74) is 1.24. The second kappa shape index (κ2) is 6.03. The average molecular weight is 245 g/mol. The van der Waals surface area contributed by atoms with Crippen LogP contribution in [0, 0.1) is 11.3 Å². The summed E-state index contributed by atoms with van der Waals surface area (Å²) in [6.07, 6.45) is 2.19. The average Bonchev–Trinajstić information content (AvgIpc) is 2.90. The summed E-state index contributed by atoms with van der Waals surface area (Å²) in [5.74, 6) is 0. The van der Waals surface area contributed by atoms with Crippen LogP contribution in [0.25, 0.3) is 0 Å². The van der Waals surface area contributed by atoms with Crippen LogP contribution < -0.4 is 10.6 Å². The number of urea groups is 1. The molecule has 1 aliphatic rings. The van der Waals surface area contributed by atoms with E-state index in [-0.39, 0.29) is 12.1 Å². The number of hydrogen-bond donors (Lipinski definition) is 2. The molecule has 1 saturated heterocycles. The van der Waals surface area contributed by atoms with Crippen LogP contribution in [0.3, 0.4) is 0 Å². The number of ether oxygens (including phenoxy) is 1. The monoisotopic (exact) mass is 245 g/mol. The van der Waals surface area contributed by atoms with Gasteiger partial charge in [0.25, 0.3) is 0 Å². The molecule has 1 aromatic carbocycles. The molecule has 5 nitrogen and oxygen atoms in total. The van der Waals surface area contributed by atoms with Crippen molar-refractivity contribution in [3.63, 3.8) is 0 Å². The number of carbonyl (C=O) groups is 1. The number of nitrogens with one attached hydrogen (secondary N) is 2. The Morgan fingerprint density at radius 1 is 1.44 bits per heavy atom. The van der Waals surface area contributed by atoms with Gasteiger partial charge in [0.05, 0.1) is 17.7 Å². The topological polar surface area (TPSA) is 74.2 Å². The molecule has 0 radical (unpaired) electrons. The molecule has 0 bridgehead atoms. The van der Waals surface area contributed by atoms with Gasteiger partial charge in [0.15, 0.2) is 0 Å². The smallest absolute Gasteiger partial charge is 0.319 e. The number of rotatable bonds is 3. The molecule has 1 heterocycles. The molecular weight excluding hydrogens is 230 g/mol. The SMILES string of the molecule is N#Cc1ccc(NC(=O)NCC2CCCO2)cc1. The van der Waals surface area contributed by atoms with Gasteiger partial charge in [0.2, 0.25) is 0 Å². The summed E-state index contributed by atoms with van der Waals surface area (Å²) < 4.78 is 5.41. The molecule has 2 rings (SSSR count). The summed E-state index contributed by atoms with van der Waals surface area (Å²) in [4.78, 5) is 11.6. The first-order valence-electron chi connectivity index (χ1n) is 5.94. The van der Waals surface area contributed by atoms with Crippen molar-refractivity contribution in [2.24, 2.45) is 0 Å². The van der Waals surface area contributed by atoms with E-state index in [0.29, 0.717) is 17.8 Å². The Morgan fingerprint density at radius 3 is 2.83 bits per heavy atom. The van der Waals surface area contributed by atoms with Gasteiger partial charge in [-0.1, -0.05) is 0 Å². The third-order valence-electron chi connectivity index (χ3n) is 2.79. The molecule has 94 valence electrons. The molecule has 1 unspecified atom stereocenters. The van der Waals surface area contributed by atoms with E-state index in [1.165, 1.54) is 0 Å². The second-order valence-corrected chi connectivity index (χ2v) is 4.16. The maximum Gasteiger partial charge on any atom is 0.319 e. The van der Waals surface area contributed by atoms with E-state index < -0.39 is 0 Å². The molecule has 2 amide bonds. The highest BCUT2D eigenvalue weighted by Crippen LogP contribution is 2.11. The molecule has 0 saturated carbocycles. The van der Waals surface area contributed by atoms with Gasteiger partial charge in [-0.05, 0) is 37.1 Å². The molecule has 5 heteroatoms. The minimum absolute atomic E-state index is 0.136. The lowest BCUT2D eigenvalue weighted by atomic mass is 10.2. The second-order valence-electron chi connectivity index (χ2n) is 4.16. The first-order chi connectivity index (χ1) is 8.78. The molecule has 18 heavy (non-hydrogen) atoms. The van der Waals surface area contributed by atoms with E-state index in [4.69, 9.17) is 10.00 Å². The van der Waals surface area contributed by atoms with Crippen LogP contribution in [0.5, 0.6) is 0 Å². The molecule has 0 aromatic heterocycles. The predicted octanol–water partition coefficient (Wildman–Crippen LogP) is 1.86. The zero-order valence-electron chi connectivity index (χ0n) is 9.98. The summed E-state index contributed by atoms with van der Waals surface area (Å²) >= 11 is 0. The summed E-state index contributed by atoms with van der Waals surface area (Å²) in [7, 11) is 0. The fraction of sp³-hybridized carbons (Fsp3) is 0.385. The Bertz CT molecular complexity index is 444. The van der Waals surface area contributed by atoms with Crippen molar-refractivity contribution < 1.29 is 9.53 Å². The lowest BCUT2D eigenvalue weighted by Gasteiger charge is -2.11. The third kappa shape index (κ3) is 3.47. The number of nitriles is 1. The largest absolute Gasteiger partial charge is 0.376 e. The lowest BCUT2D eigenvalue weighted by Crippen LogP contribution is -2.34. The Labute approximate surface area is 106 Å².